The molecule has 1 aliphatic rings. The van der Waals surface area contributed by atoms with Crippen LogP contribution >= 0.6 is 0 Å². The second kappa shape index (κ2) is 9.18. The highest BCUT2D eigenvalue weighted by atomic mass is 19.1. The molecule has 0 radical (unpaired) electrons. The van der Waals surface area contributed by atoms with Crippen molar-refractivity contribution in [3.8, 4) is 11.5 Å². The summed E-state index contributed by atoms with van der Waals surface area (Å²) in [6.07, 6.45) is 0. The summed E-state index contributed by atoms with van der Waals surface area (Å²) in [7, 11) is 6.59. The number of halogens is 1. The monoisotopic (exact) mass is 428 g/mol. The predicted molar refractivity (Wildman–Crippen MR) is 114 cm³/mol. The topological polar surface area (TPSA) is 79.3 Å². The Labute approximate surface area is 180 Å². The van der Waals surface area contributed by atoms with Crippen LogP contribution in [0.25, 0.3) is 5.76 Å². The predicted octanol–water partition coefficient (Wildman–Crippen LogP) is 2.83. The lowest BCUT2D eigenvalue weighted by atomic mass is 9.95. The standard InChI is InChI=1S/C23H25FN2O5/c1-25(2)11-12-26-20(14-5-8-16(30-3)9-6-14)19(22(28)23(26)29)21(27)15-7-10-18(31-4)17(24)13-15/h5-10,13,20,27H,11-12H2,1-4H3/b21-19+. The van der Waals surface area contributed by atoms with E-state index >= 15 is 0 Å². The zero-order valence-electron chi connectivity index (χ0n) is 17.9. The highest BCUT2D eigenvalue weighted by Crippen LogP contribution is 2.40. The molecule has 1 heterocycles. The smallest absolute Gasteiger partial charge is 0.295 e. The van der Waals surface area contributed by atoms with Crippen molar-refractivity contribution in [2.24, 2.45) is 0 Å². The molecule has 1 fully saturated rings. The maximum Gasteiger partial charge on any atom is 0.295 e. The van der Waals surface area contributed by atoms with Gasteiger partial charge < -0.3 is 24.4 Å². The maximum atomic E-state index is 14.2. The number of Topliss-reactive ketones (excluding diaryl/α,β-unsaturated/α-hetero) is 1. The van der Waals surface area contributed by atoms with E-state index in [4.69, 9.17) is 9.47 Å². The SMILES string of the molecule is COc1ccc(C2/C(=C(\O)c3ccc(OC)c(F)c3)C(=O)C(=O)N2CCN(C)C)cc1. The van der Waals surface area contributed by atoms with Gasteiger partial charge in [0.2, 0.25) is 0 Å². The first-order chi connectivity index (χ1) is 14.8. The number of carbonyl (C=O) groups is 2. The normalized spacial score (nSPS) is 18.0. The van der Waals surface area contributed by atoms with Crippen molar-refractivity contribution in [1.82, 2.24) is 9.80 Å². The van der Waals surface area contributed by atoms with Gasteiger partial charge in [-0.05, 0) is 50.0 Å². The summed E-state index contributed by atoms with van der Waals surface area (Å²) in [5, 5.41) is 11.0. The Morgan fingerprint density at radius 1 is 1.10 bits per heavy atom. The molecule has 8 heteroatoms. The minimum Gasteiger partial charge on any atom is -0.507 e. The Balaban J connectivity index is 2.14. The number of amides is 1. The molecule has 1 amide bonds. The van der Waals surface area contributed by atoms with Crippen LogP contribution in [0.1, 0.15) is 17.2 Å². The van der Waals surface area contributed by atoms with E-state index in [1.807, 2.05) is 19.0 Å². The fraction of sp³-hybridized carbons (Fsp3) is 0.304. The lowest BCUT2D eigenvalue weighted by molar-refractivity contribution is -0.140. The Hall–Kier alpha value is -3.39. The average molecular weight is 428 g/mol. The number of hydrogen-bond acceptors (Lipinski definition) is 6. The third-order valence-electron chi connectivity index (χ3n) is 5.18. The summed E-state index contributed by atoms with van der Waals surface area (Å²) in [5.41, 5.74) is 0.634. The number of aliphatic hydroxyl groups excluding tert-OH is 1. The number of hydrogen-bond donors (Lipinski definition) is 1. The van der Waals surface area contributed by atoms with Crippen LogP contribution in [0.5, 0.6) is 11.5 Å². The fourth-order valence-electron chi connectivity index (χ4n) is 3.52. The molecule has 1 saturated heterocycles. The van der Waals surface area contributed by atoms with Gasteiger partial charge >= 0.3 is 0 Å². The molecule has 0 bridgehead atoms. The molecule has 2 aromatic rings. The van der Waals surface area contributed by atoms with E-state index < -0.39 is 29.3 Å². The Kier molecular flexibility index (Phi) is 6.60. The zero-order chi connectivity index (χ0) is 22.7. The summed E-state index contributed by atoms with van der Waals surface area (Å²) in [4.78, 5) is 29.1. The Bertz CT molecular complexity index is 1020. The minimum atomic E-state index is -0.812. The molecule has 1 aliphatic heterocycles. The van der Waals surface area contributed by atoms with Crippen molar-refractivity contribution in [1.29, 1.82) is 0 Å². The van der Waals surface area contributed by atoms with Gasteiger partial charge in [0.25, 0.3) is 11.7 Å². The molecule has 2 aromatic carbocycles. The van der Waals surface area contributed by atoms with Crippen LogP contribution in [-0.4, -0.2) is 68.0 Å². The first kappa shape index (κ1) is 22.3. The lowest BCUT2D eigenvalue weighted by Gasteiger charge is -2.26. The van der Waals surface area contributed by atoms with E-state index in [-0.39, 0.29) is 23.4 Å². The number of nitrogens with zero attached hydrogens (tertiary/aromatic N) is 2. The first-order valence-corrected chi connectivity index (χ1v) is 9.69. The third kappa shape index (κ3) is 4.39. The number of benzene rings is 2. The van der Waals surface area contributed by atoms with Crippen molar-refractivity contribution in [3.05, 3.63) is 65.0 Å². The van der Waals surface area contributed by atoms with Crippen LogP contribution < -0.4 is 9.47 Å². The van der Waals surface area contributed by atoms with E-state index in [1.165, 1.54) is 31.3 Å². The van der Waals surface area contributed by atoms with E-state index in [0.717, 1.165) is 6.07 Å². The number of aliphatic hydroxyl groups is 1. The second-order valence-corrected chi connectivity index (χ2v) is 7.42. The Morgan fingerprint density at radius 2 is 1.77 bits per heavy atom. The fourth-order valence-corrected chi connectivity index (χ4v) is 3.52. The second-order valence-electron chi connectivity index (χ2n) is 7.42. The highest BCUT2D eigenvalue weighted by molar-refractivity contribution is 6.46. The minimum absolute atomic E-state index is 0.00897. The van der Waals surface area contributed by atoms with Gasteiger partial charge in [-0.15, -0.1) is 0 Å². The summed E-state index contributed by atoms with van der Waals surface area (Å²) in [5.74, 6) is -2.02. The molecular weight excluding hydrogens is 403 g/mol. The van der Waals surface area contributed by atoms with Gasteiger partial charge in [0.05, 0.1) is 25.8 Å². The molecular formula is C23H25FN2O5. The van der Waals surface area contributed by atoms with Gasteiger partial charge in [-0.25, -0.2) is 4.39 Å². The van der Waals surface area contributed by atoms with Crippen LogP contribution in [0.3, 0.4) is 0 Å². The van der Waals surface area contributed by atoms with Gasteiger partial charge in [0, 0.05) is 18.7 Å². The third-order valence-corrected chi connectivity index (χ3v) is 5.18. The van der Waals surface area contributed by atoms with E-state index in [1.54, 1.807) is 24.3 Å². The zero-order valence-corrected chi connectivity index (χ0v) is 17.9. The van der Waals surface area contributed by atoms with Gasteiger partial charge in [-0.3, -0.25) is 9.59 Å². The maximum absolute atomic E-state index is 14.2. The van der Waals surface area contributed by atoms with Gasteiger partial charge in [-0.1, -0.05) is 12.1 Å². The summed E-state index contributed by atoms with van der Waals surface area (Å²) in [6, 6.07) is 9.97. The number of ketones is 1. The molecule has 164 valence electrons. The number of carbonyl (C=O) groups excluding carboxylic acids is 2. The van der Waals surface area contributed by atoms with Crippen LogP contribution in [0.15, 0.2) is 48.0 Å². The molecule has 1 N–H and O–H groups in total. The van der Waals surface area contributed by atoms with Crippen molar-refractivity contribution >= 4 is 17.4 Å². The molecule has 31 heavy (non-hydrogen) atoms. The lowest BCUT2D eigenvalue weighted by Crippen LogP contribution is -2.35. The molecule has 1 unspecified atom stereocenters. The largest absolute Gasteiger partial charge is 0.507 e. The van der Waals surface area contributed by atoms with Crippen LogP contribution in [0.2, 0.25) is 0 Å². The number of rotatable bonds is 7. The van der Waals surface area contributed by atoms with Gasteiger partial charge in [0.15, 0.2) is 11.6 Å². The van der Waals surface area contributed by atoms with Crippen molar-refractivity contribution < 1.29 is 28.6 Å². The quantitative estimate of drug-likeness (QED) is 0.415. The number of likely N-dealkylation sites (N-methyl/N-ethyl adjacent to an activating group) is 1. The first-order valence-electron chi connectivity index (χ1n) is 9.69. The number of likely N-dealkylation sites (tertiary alicyclic amines) is 1. The van der Waals surface area contributed by atoms with Crippen LogP contribution in [0.4, 0.5) is 4.39 Å². The average Bonchev–Trinajstić information content (AvgIpc) is 3.01. The summed E-state index contributed by atoms with van der Waals surface area (Å²) >= 11 is 0. The molecule has 3 rings (SSSR count). The van der Waals surface area contributed by atoms with Gasteiger partial charge in [0.1, 0.15) is 11.5 Å². The molecule has 1 atom stereocenters. The van der Waals surface area contributed by atoms with Crippen molar-refractivity contribution in [2.45, 2.75) is 6.04 Å². The van der Waals surface area contributed by atoms with E-state index in [2.05, 4.69) is 0 Å². The van der Waals surface area contributed by atoms with Crippen molar-refractivity contribution in [2.75, 3.05) is 41.4 Å². The van der Waals surface area contributed by atoms with Gasteiger partial charge in [-0.2, -0.15) is 0 Å². The number of ether oxygens (including phenoxy) is 2. The summed E-state index contributed by atoms with van der Waals surface area (Å²) < 4.78 is 24.3. The molecule has 0 saturated carbocycles. The van der Waals surface area contributed by atoms with Crippen molar-refractivity contribution in [3.63, 3.8) is 0 Å². The molecule has 0 aromatic heterocycles. The van der Waals surface area contributed by atoms with Crippen LogP contribution in [-0.2, 0) is 9.59 Å². The summed E-state index contributed by atoms with van der Waals surface area (Å²) in [6.45, 7) is 0.804. The van der Waals surface area contributed by atoms with E-state index in [0.29, 0.717) is 17.9 Å². The highest BCUT2D eigenvalue weighted by Gasteiger charge is 2.45. The number of methoxy groups -OCH3 is 2. The molecule has 0 spiro atoms. The van der Waals surface area contributed by atoms with E-state index in [9.17, 15) is 19.1 Å². The van der Waals surface area contributed by atoms with Crippen LogP contribution in [0, 0.1) is 5.82 Å². The Morgan fingerprint density at radius 3 is 2.32 bits per heavy atom. The molecule has 7 nitrogen and oxygen atoms in total. The molecule has 0 aliphatic carbocycles.